The number of halogens is 1. The van der Waals surface area contributed by atoms with E-state index < -0.39 is 0 Å². The molecule has 0 atom stereocenters. The minimum absolute atomic E-state index is 0. The monoisotopic (exact) mass is 387 g/mol. The Morgan fingerprint density at radius 1 is 1.19 bits per heavy atom. The Labute approximate surface area is 165 Å². The van der Waals surface area contributed by atoms with Crippen LogP contribution in [-0.4, -0.2) is 22.4 Å². The second-order valence-electron chi connectivity index (χ2n) is 7.42. The first-order valence-corrected chi connectivity index (χ1v) is 8.83. The number of esters is 1. The van der Waals surface area contributed by atoms with Crippen LogP contribution in [0.25, 0.3) is 16.5 Å². The van der Waals surface area contributed by atoms with Crippen molar-refractivity contribution in [2.45, 2.75) is 39.5 Å². The van der Waals surface area contributed by atoms with E-state index in [2.05, 4.69) is 20.8 Å². The van der Waals surface area contributed by atoms with Crippen LogP contribution in [0, 0.1) is 0 Å². The van der Waals surface area contributed by atoms with Gasteiger partial charge in [0.2, 0.25) is 0 Å². The molecule has 0 amide bonds. The highest BCUT2D eigenvalue weighted by Gasteiger charge is 2.20. The van der Waals surface area contributed by atoms with Crippen LogP contribution in [0.3, 0.4) is 0 Å². The van der Waals surface area contributed by atoms with Crippen molar-refractivity contribution < 1.29 is 9.53 Å². The standard InChI is InChI=1S/C21H25N3O2.ClH/c1-5-26-20(25)12-15-11-16(10-14-8-6-7-9-17(14)15)24-19(22)13-18(23-24)21(2,3)4;/h6-11,13H,5,12,22H2,1-4H3;1H. The number of hydrogen-bond donors (Lipinski definition) is 1. The molecule has 2 aromatic carbocycles. The number of nitrogens with two attached hydrogens (primary N) is 1. The van der Waals surface area contributed by atoms with Gasteiger partial charge in [-0.15, -0.1) is 12.4 Å². The van der Waals surface area contributed by atoms with Crippen molar-refractivity contribution in [3.05, 3.63) is 53.7 Å². The van der Waals surface area contributed by atoms with Crippen molar-refractivity contribution in [3.8, 4) is 5.69 Å². The summed E-state index contributed by atoms with van der Waals surface area (Å²) in [6.45, 7) is 8.49. The van der Waals surface area contributed by atoms with Gasteiger partial charge in [-0.05, 0) is 35.4 Å². The fraction of sp³-hybridized carbons (Fsp3) is 0.333. The third-order valence-corrected chi connectivity index (χ3v) is 4.32. The molecule has 6 heteroatoms. The maximum absolute atomic E-state index is 12.0. The predicted molar refractivity (Wildman–Crippen MR) is 112 cm³/mol. The molecule has 144 valence electrons. The first-order chi connectivity index (χ1) is 12.3. The van der Waals surface area contributed by atoms with Gasteiger partial charge in [-0.25, -0.2) is 4.68 Å². The summed E-state index contributed by atoms with van der Waals surface area (Å²) in [6, 6.07) is 13.9. The van der Waals surface area contributed by atoms with Gasteiger partial charge in [0.1, 0.15) is 5.82 Å². The van der Waals surface area contributed by atoms with Gasteiger partial charge in [0.15, 0.2) is 0 Å². The topological polar surface area (TPSA) is 70.1 Å². The highest BCUT2D eigenvalue weighted by atomic mass is 35.5. The highest BCUT2D eigenvalue weighted by molar-refractivity contribution is 5.90. The molecule has 3 aromatic rings. The number of ether oxygens (including phenoxy) is 1. The Morgan fingerprint density at radius 3 is 2.52 bits per heavy atom. The highest BCUT2D eigenvalue weighted by Crippen LogP contribution is 2.28. The lowest BCUT2D eigenvalue weighted by molar-refractivity contribution is -0.142. The Kier molecular flexibility index (Phi) is 6.16. The summed E-state index contributed by atoms with van der Waals surface area (Å²) in [6.07, 6.45) is 0.218. The lowest BCUT2D eigenvalue weighted by Gasteiger charge is -2.14. The quantitative estimate of drug-likeness (QED) is 0.672. The van der Waals surface area contributed by atoms with Gasteiger partial charge in [0.25, 0.3) is 0 Å². The van der Waals surface area contributed by atoms with Crippen molar-refractivity contribution in [2.24, 2.45) is 0 Å². The third-order valence-electron chi connectivity index (χ3n) is 4.32. The number of fused-ring (bicyclic) bond motifs is 1. The molecular weight excluding hydrogens is 362 g/mol. The normalized spacial score (nSPS) is 11.3. The molecule has 2 N–H and O–H groups in total. The number of nitrogen functional groups attached to an aromatic ring is 1. The molecule has 0 aliphatic heterocycles. The molecule has 0 fully saturated rings. The zero-order chi connectivity index (χ0) is 18.9. The van der Waals surface area contributed by atoms with Gasteiger partial charge in [-0.2, -0.15) is 5.10 Å². The summed E-state index contributed by atoms with van der Waals surface area (Å²) in [7, 11) is 0. The molecule has 0 unspecified atom stereocenters. The molecule has 0 bridgehead atoms. The number of benzene rings is 2. The summed E-state index contributed by atoms with van der Waals surface area (Å²) < 4.78 is 6.86. The van der Waals surface area contributed by atoms with Crippen molar-refractivity contribution in [3.63, 3.8) is 0 Å². The van der Waals surface area contributed by atoms with Gasteiger partial charge in [-0.3, -0.25) is 4.79 Å². The first kappa shape index (κ1) is 20.8. The number of nitrogens with zero attached hydrogens (tertiary/aromatic N) is 2. The summed E-state index contributed by atoms with van der Waals surface area (Å²) in [5, 5.41) is 6.76. The minimum Gasteiger partial charge on any atom is -0.466 e. The smallest absolute Gasteiger partial charge is 0.310 e. The molecule has 0 saturated heterocycles. The molecule has 0 saturated carbocycles. The summed E-state index contributed by atoms with van der Waals surface area (Å²) in [5.41, 5.74) is 8.80. The number of anilines is 1. The van der Waals surface area contributed by atoms with E-state index in [9.17, 15) is 4.79 Å². The Hall–Kier alpha value is -2.53. The SMILES string of the molecule is CCOC(=O)Cc1cc(-n2nc(C(C)(C)C)cc2N)cc2ccccc12.Cl. The predicted octanol–water partition coefficient (Wildman–Crippen LogP) is 4.43. The molecular formula is C21H26ClN3O2. The van der Waals surface area contributed by atoms with Crippen LogP contribution in [0.5, 0.6) is 0 Å². The second-order valence-corrected chi connectivity index (χ2v) is 7.42. The summed E-state index contributed by atoms with van der Waals surface area (Å²) in [4.78, 5) is 12.0. The maximum atomic E-state index is 12.0. The number of carbonyl (C=O) groups is 1. The lowest BCUT2D eigenvalue weighted by Crippen LogP contribution is -2.13. The fourth-order valence-electron chi connectivity index (χ4n) is 2.98. The number of aromatic nitrogens is 2. The number of carbonyl (C=O) groups excluding carboxylic acids is 1. The Bertz CT molecular complexity index is 958. The van der Waals surface area contributed by atoms with Crippen molar-refractivity contribution >= 4 is 35.0 Å². The average molecular weight is 388 g/mol. The minimum atomic E-state index is -0.237. The zero-order valence-electron chi connectivity index (χ0n) is 16.2. The molecule has 1 aromatic heterocycles. The molecule has 1 heterocycles. The molecule has 0 aliphatic rings. The van der Waals surface area contributed by atoms with Gasteiger partial charge >= 0.3 is 5.97 Å². The zero-order valence-corrected chi connectivity index (χ0v) is 17.0. The van der Waals surface area contributed by atoms with E-state index in [4.69, 9.17) is 15.6 Å². The third kappa shape index (κ3) is 4.42. The Morgan fingerprint density at radius 2 is 1.89 bits per heavy atom. The van der Waals surface area contributed by atoms with Crippen LogP contribution >= 0.6 is 12.4 Å². The van der Waals surface area contributed by atoms with E-state index in [1.807, 2.05) is 49.4 Å². The fourth-order valence-corrected chi connectivity index (χ4v) is 2.98. The van der Waals surface area contributed by atoms with Crippen molar-refractivity contribution in [1.82, 2.24) is 9.78 Å². The molecule has 0 aliphatic carbocycles. The van der Waals surface area contributed by atoms with Crippen LogP contribution in [0.4, 0.5) is 5.82 Å². The van der Waals surface area contributed by atoms with Crippen LogP contribution in [0.15, 0.2) is 42.5 Å². The van der Waals surface area contributed by atoms with E-state index >= 15 is 0 Å². The molecule has 3 rings (SSSR count). The van der Waals surface area contributed by atoms with E-state index in [-0.39, 0.29) is 30.2 Å². The van der Waals surface area contributed by atoms with Crippen LogP contribution in [0.2, 0.25) is 0 Å². The summed E-state index contributed by atoms with van der Waals surface area (Å²) >= 11 is 0. The van der Waals surface area contributed by atoms with Crippen molar-refractivity contribution in [1.29, 1.82) is 0 Å². The Balaban J connectivity index is 0.00000261. The number of hydrogen-bond acceptors (Lipinski definition) is 4. The van der Waals surface area contributed by atoms with E-state index in [1.165, 1.54) is 0 Å². The van der Waals surface area contributed by atoms with Crippen LogP contribution in [0.1, 0.15) is 39.0 Å². The second kappa shape index (κ2) is 8.01. The first-order valence-electron chi connectivity index (χ1n) is 8.83. The molecule has 5 nitrogen and oxygen atoms in total. The van der Waals surface area contributed by atoms with Crippen LogP contribution in [-0.2, 0) is 21.4 Å². The average Bonchev–Trinajstić information content (AvgIpc) is 2.97. The van der Waals surface area contributed by atoms with Gasteiger partial charge < -0.3 is 10.5 Å². The molecule has 0 spiro atoms. The van der Waals surface area contributed by atoms with E-state index in [0.29, 0.717) is 12.4 Å². The van der Waals surface area contributed by atoms with Crippen LogP contribution < -0.4 is 5.73 Å². The van der Waals surface area contributed by atoms with Gasteiger partial charge in [0.05, 0.1) is 24.4 Å². The number of rotatable bonds is 4. The maximum Gasteiger partial charge on any atom is 0.310 e. The van der Waals surface area contributed by atoms with Crippen molar-refractivity contribution in [2.75, 3.05) is 12.3 Å². The molecule has 27 heavy (non-hydrogen) atoms. The molecule has 0 radical (unpaired) electrons. The largest absolute Gasteiger partial charge is 0.466 e. The summed E-state index contributed by atoms with van der Waals surface area (Å²) in [5.74, 6) is 0.339. The van der Waals surface area contributed by atoms with E-state index in [1.54, 1.807) is 4.68 Å². The van der Waals surface area contributed by atoms with Gasteiger partial charge in [0, 0.05) is 11.5 Å². The van der Waals surface area contributed by atoms with Gasteiger partial charge in [-0.1, -0.05) is 45.0 Å². The van der Waals surface area contributed by atoms with E-state index in [0.717, 1.165) is 27.7 Å². The lowest BCUT2D eigenvalue weighted by atomic mass is 9.92.